The smallest absolute Gasteiger partial charge is 0.0985 e. The molecule has 0 aliphatic heterocycles. The molecule has 1 nitrogen and oxygen atoms in total. The summed E-state index contributed by atoms with van der Waals surface area (Å²) >= 11 is 0. The molecular formula is C42H39N. The van der Waals surface area contributed by atoms with Crippen LogP contribution in [-0.2, 0) is 11.1 Å². The molecule has 43 heavy (non-hydrogen) atoms. The maximum absolute atomic E-state index is 2.81. The quantitative estimate of drug-likeness (QED) is 0.143. The number of nitrogens with zero attached hydrogens (tertiary/aromatic N) is 1. The van der Waals surface area contributed by atoms with Gasteiger partial charge in [-0.25, -0.2) is 0 Å². The SMILES string of the molecule is CCCCN(C(c1ccccc1)(c1ccccc1)c1ccccc1)C(c1ccccc1)(c1ccccc1)c1ccccc1. The van der Waals surface area contributed by atoms with Crippen molar-refractivity contribution < 1.29 is 0 Å². The van der Waals surface area contributed by atoms with Crippen molar-refractivity contribution in [3.05, 3.63) is 215 Å². The van der Waals surface area contributed by atoms with Crippen LogP contribution >= 0.6 is 0 Å². The van der Waals surface area contributed by atoms with E-state index < -0.39 is 11.1 Å². The van der Waals surface area contributed by atoms with Gasteiger partial charge in [0.05, 0.1) is 11.1 Å². The summed E-state index contributed by atoms with van der Waals surface area (Å²) < 4.78 is 0. The molecule has 0 spiro atoms. The molecule has 0 bridgehead atoms. The monoisotopic (exact) mass is 557 g/mol. The van der Waals surface area contributed by atoms with Gasteiger partial charge in [0.1, 0.15) is 0 Å². The van der Waals surface area contributed by atoms with Crippen molar-refractivity contribution in [1.29, 1.82) is 0 Å². The van der Waals surface area contributed by atoms with Gasteiger partial charge in [0, 0.05) is 6.54 Å². The average Bonchev–Trinajstić information content (AvgIpc) is 3.10. The molecule has 0 aromatic heterocycles. The first-order valence-electron chi connectivity index (χ1n) is 15.4. The van der Waals surface area contributed by atoms with Crippen molar-refractivity contribution in [3.8, 4) is 0 Å². The molecule has 0 aliphatic rings. The van der Waals surface area contributed by atoms with E-state index in [1.54, 1.807) is 0 Å². The number of hydrogen-bond acceptors (Lipinski definition) is 1. The van der Waals surface area contributed by atoms with Gasteiger partial charge in [-0.05, 0) is 39.8 Å². The molecule has 1 heteroatoms. The first-order chi connectivity index (χ1) is 21.3. The predicted molar refractivity (Wildman–Crippen MR) is 180 cm³/mol. The molecular weight excluding hydrogens is 518 g/mol. The Morgan fingerprint density at radius 1 is 0.349 bits per heavy atom. The van der Waals surface area contributed by atoms with Crippen LogP contribution in [0.25, 0.3) is 0 Å². The summed E-state index contributed by atoms with van der Waals surface area (Å²) in [6, 6.07) is 66.7. The van der Waals surface area contributed by atoms with Gasteiger partial charge in [0.2, 0.25) is 0 Å². The van der Waals surface area contributed by atoms with Crippen LogP contribution < -0.4 is 0 Å². The van der Waals surface area contributed by atoms with Gasteiger partial charge in [-0.3, -0.25) is 4.90 Å². The zero-order valence-corrected chi connectivity index (χ0v) is 24.9. The fourth-order valence-electron chi connectivity index (χ4n) is 6.91. The molecule has 0 N–H and O–H groups in total. The second kappa shape index (κ2) is 13.1. The van der Waals surface area contributed by atoms with E-state index in [0.717, 1.165) is 19.4 Å². The number of rotatable bonds is 11. The molecule has 0 fully saturated rings. The van der Waals surface area contributed by atoms with Crippen LogP contribution in [0.2, 0.25) is 0 Å². The highest BCUT2D eigenvalue weighted by Crippen LogP contribution is 2.53. The van der Waals surface area contributed by atoms with Crippen LogP contribution in [0.1, 0.15) is 53.1 Å². The van der Waals surface area contributed by atoms with Crippen LogP contribution in [0.15, 0.2) is 182 Å². The lowest BCUT2D eigenvalue weighted by atomic mass is 9.67. The van der Waals surface area contributed by atoms with Crippen LogP contribution in [0.5, 0.6) is 0 Å². The van der Waals surface area contributed by atoms with Crippen LogP contribution in [-0.4, -0.2) is 11.4 Å². The third-order valence-corrected chi connectivity index (χ3v) is 8.69. The Morgan fingerprint density at radius 2 is 0.558 bits per heavy atom. The topological polar surface area (TPSA) is 3.24 Å². The van der Waals surface area contributed by atoms with Gasteiger partial charge in [-0.15, -0.1) is 0 Å². The average molecular weight is 558 g/mol. The summed E-state index contributed by atoms with van der Waals surface area (Å²) in [7, 11) is 0. The first kappa shape index (κ1) is 28.4. The fourth-order valence-corrected chi connectivity index (χ4v) is 6.91. The molecule has 0 unspecified atom stereocenters. The molecule has 0 amide bonds. The molecule has 0 atom stereocenters. The molecule has 0 aliphatic carbocycles. The van der Waals surface area contributed by atoms with Gasteiger partial charge < -0.3 is 0 Å². The highest BCUT2D eigenvalue weighted by molar-refractivity contribution is 5.56. The highest BCUT2D eigenvalue weighted by Gasteiger charge is 2.53. The van der Waals surface area contributed by atoms with Crippen molar-refractivity contribution in [2.24, 2.45) is 0 Å². The number of benzene rings is 6. The largest absolute Gasteiger partial charge is 0.268 e. The van der Waals surface area contributed by atoms with E-state index >= 15 is 0 Å². The summed E-state index contributed by atoms with van der Waals surface area (Å²) in [6.45, 7) is 3.16. The maximum Gasteiger partial charge on any atom is 0.0985 e. The van der Waals surface area contributed by atoms with Crippen LogP contribution in [0.3, 0.4) is 0 Å². The van der Waals surface area contributed by atoms with Gasteiger partial charge in [0.25, 0.3) is 0 Å². The summed E-state index contributed by atoms with van der Waals surface area (Å²) in [5, 5.41) is 0. The first-order valence-corrected chi connectivity index (χ1v) is 15.4. The van der Waals surface area contributed by atoms with Crippen LogP contribution in [0.4, 0.5) is 0 Å². The minimum atomic E-state index is -0.625. The van der Waals surface area contributed by atoms with Gasteiger partial charge >= 0.3 is 0 Å². The summed E-state index contributed by atoms with van der Waals surface area (Å²) in [6.07, 6.45) is 2.13. The molecule has 6 aromatic carbocycles. The summed E-state index contributed by atoms with van der Waals surface area (Å²) in [5.74, 6) is 0. The number of hydrogen-bond donors (Lipinski definition) is 0. The summed E-state index contributed by atoms with van der Waals surface area (Å²) in [4.78, 5) is 2.81. The van der Waals surface area contributed by atoms with Gasteiger partial charge in [0.15, 0.2) is 0 Å². The molecule has 0 heterocycles. The molecule has 0 radical (unpaired) electrons. The minimum Gasteiger partial charge on any atom is -0.268 e. The van der Waals surface area contributed by atoms with E-state index in [9.17, 15) is 0 Å². The van der Waals surface area contributed by atoms with E-state index in [-0.39, 0.29) is 0 Å². The van der Waals surface area contributed by atoms with Crippen molar-refractivity contribution >= 4 is 0 Å². The Morgan fingerprint density at radius 3 is 0.744 bits per heavy atom. The van der Waals surface area contributed by atoms with Gasteiger partial charge in [-0.2, -0.15) is 0 Å². The Bertz CT molecular complexity index is 1350. The lowest BCUT2D eigenvalue weighted by Gasteiger charge is -2.56. The lowest BCUT2D eigenvalue weighted by Crippen LogP contribution is -2.60. The van der Waals surface area contributed by atoms with E-state index in [1.165, 1.54) is 33.4 Å². The maximum atomic E-state index is 2.81. The second-order valence-corrected chi connectivity index (χ2v) is 11.1. The molecule has 6 aromatic rings. The van der Waals surface area contributed by atoms with Crippen LogP contribution in [0, 0.1) is 0 Å². The Hall–Kier alpha value is -4.72. The van der Waals surface area contributed by atoms with E-state index in [2.05, 4.69) is 194 Å². The fraction of sp³-hybridized carbons (Fsp3) is 0.143. The minimum absolute atomic E-state index is 0.625. The predicted octanol–water partition coefficient (Wildman–Crippen LogP) is 10.1. The lowest BCUT2D eigenvalue weighted by molar-refractivity contribution is 0.0634. The number of unbranched alkanes of at least 4 members (excludes halogenated alkanes) is 1. The Kier molecular flexibility index (Phi) is 8.63. The highest BCUT2D eigenvalue weighted by atomic mass is 15.3. The molecule has 212 valence electrons. The molecule has 0 saturated carbocycles. The van der Waals surface area contributed by atoms with Gasteiger partial charge in [-0.1, -0.05) is 195 Å². The van der Waals surface area contributed by atoms with Crippen molar-refractivity contribution in [3.63, 3.8) is 0 Å². The normalized spacial score (nSPS) is 11.9. The third-order valence-electron chi connectivity index (χ3n) is 8.69. The molecule has 0 saturated heterocycles. The molecule has 6 rings (SSSR count). The standard InChI is InChI=1S/C42H39N/c1-2-3-34-43(41(35-22-10-4-11-23-35,36-24-12-5-13-25-36)37-26-14-6-15-27-37)42(38-28-16-7-17-29-38,39-30-18-8-19-31-39)40-32-20-9-21-33-40/h4-33H,2-3,34H2,1H3. The zero-order valence-electron chi connectivity index (χ0n) is 24.9. The zero-order chi connectivity index (χ0) is 29.4. The Balaban J connectivity index is 1.85. The second-order valence-electron chi connectivity index (χ2n) is 11.1. The Labute approximate surface area is 257 Å². The van der Waals surface area contributed by atoms with Crippen molar-refractivity contribution in [2.45, 2.75) is 30.8 Å². The van der Waals surface area contributed by atoms with Crippen molar-refractivity contribution in [2.75, 3.05) is 6.54 Å². The summed E-state index contributed by atoms with van der Waals surface area (Å²) in [5.41, 5.74) is 6.23. The third kappa shape index (κ3) is 5.11. The van der Waals surface area contributed by atoms with Crippen molar-refractivity contribution in [1.82, 2.24) is 4.90 Å². The van der Waals surface area contributed by atoms with E-state index in [0.29, 0.717) is 0 Å². The van der Waals surface area contributed by atoms with E-state index in [4.69, 9.17) is 0 Å². The van der Waals surface area contributed by atoms with E-state index in [1.807, 2.05) is 0 Å².